The highest BCUT2D eigenvalue weighted by Crippen LogP contribution is 2.22. The Hall–Kier alpha value is -3.47. The Morgan fingerprint density at radius 2 is 1.68 bits per heavy atom. The Morgan fingerprint density at radius 3 is 2.54 bits per heavy atom. The van der Waals surface area contributed by atoms with Gasteiger partial charge < -0.3 is 10.6 Å². The first-order chi connectivity index (χ1) is 13.7. The molecular weight excluding hydrogens is 350 g/mol. The van der Waals surface area contributed by atoms with Crippen molar-refractivity contribution < 1.29 is 9.59 Å². The largest absolute Gasteiger partial charge is 0.348 e. The zero-order valence-electron chi connectivity index (χ0n) is 15.4. The van der Waals surface area contributed by atoms with Crippen LogP contribution >= 0.6 is 0 Å². The molecule has 0 fully saturated rings. The van der Waals surface area contributed by atoms with Crippen LogP contribution in [0.1, 0.15) is 43.8 Å². The third kappa shape index (κ3) is 4.09. The van der Waals surface area contributed by atoms with Crippen LogP contribution in [0.4, 0.5) is 5.69 Å². The predicted molar refractivity (Wildman–Crippen MR) is 108 cm³/mol. The molecule has 0 unspecified atom stereocenters. The highest BCUT2D eigenvalue weighted by Gasteiger charge is 2.14. The molecule has 4 rings (SSSR count). The fourth-order valence-corrected chi connectivity index (χ4v) is 3.46. The fourth-order valence-electron chi connectivity index (χ4n) is 3.46. The SMILES string of the molecule is O=C(NCc1cccc(NC(=O)c2ccncc2)c1)c1ccc2c(c1)CCC2. The average molecular weight is 371 g/mol. The summed E-state index contributed by atoms with van der Waals surface area (Å²) in [5, 5.41) is 5.83. The summed E-state index contributed by atoms with van der Waals surface area (Å²) >= 11 is 0. The number of aromatic nitrogens is 1. The first-order valence-corrected chi connectivity index (χ1v) is 9.39. The Labute approximate surface area is 163 Å². The molecule has 0 radical (unpaired) electrons. The second-order valence-electron chi connectivity index (χ2n) is 6.91. The summed E-state index contributed by atoms with van der Waals surface area (Å²) in [4.78, 5) is 28.7. The van der Waals surface area contributed by atoms with E-state index in [9.17, 15) is 9.59 Å². The number of fused-ring (bicyclic) bond motifs is 1. The Kier molecular flexibility index (Phi) is 5.15. The maximum absolute atomic E-state index is 12.5. The van der Waals surface area contributed by atoms with E-state index in [1.54, 1.807) is 24.5 Å². The van der Waals surface area contributed by atoms with E-state index in [-0.39, 0.29) is 11.8 Å². The standard InChI is InChI=1S/C23H21N3O2/c27-22(20-8-7-17-4-2-5-19(17)14-20)25-15-16-3-1-6-21(13-16)26-23(28)18-9-11-24-12-10-18/h1,3,6-14H,2,4-5,15H2,(H,25,27)(H,26,28). The van der Waals surface area contributed by atoms with Crippen LogP contribution in [0.2, 0.25) is 0 Å². The summed E-state index contributed by atoms with van der Waals surface area (Å²) in [5.74, 6) is -0.275. The molecule has 2 amide bonds. The zero-order valence-corrected chi connectivity index (χ0v) is 15.4. The van der Waals surface area contributed by atoms with Crippen LogP contribution in [0, 0.1) is 0 Å². The molecule has 1 aliphatic rings. The lowest BCUT2D eigenvalue weighted by molar-refractivity contribution is 0.0949. The number of hydrogen-bond donors (Lipinski definition) is 2. The fraction of sp³-hybridized carbons (Fsp3) is 0.174. The maximum atomic E-state index is 12.5. The van der Waals surface area contributed by atoms with Gasteiger partial charge in [-0.25, -0.2) is 0 Å². The first kappa shape index (κ1) is 17.9. The number of rotatable bonds is 5. The average Bonchev–Trinajstić information content (AvgIpc) is 3.21. The van der Waals surface area contributed by atoms with Gasteiger partial charge in [0.1, 0.15) is 0 Å². The van der Waals surface area contributed by atoms with E-state index in [1.807, 2.05) is 36.4 Å². The van der Waals surface area contributed by atoms with Crippen molar-refractivity contribution in [2.75, 3.05) is 5.32 Å². The van der Waals surface area contributed by atoms with Gasteiger partial charge in [0.25, 0.3) is 11.8 Å². The number of aryl methyl sites for hydroxylation is 2. The lowest BCUT2D eigenvalue weighted by Gasteiger charge is -2.10. The van der Waals surface area contributed by atoms with Crippen molar-refractivity contribution in [2.45, 2.75) is 25.8 Å². The van der Waals surface area contributed by atoms with Gasteiger partial charge in [0.15, 0.2) is 0 Å². The molecule has 1 aliphatic carbocycles. The summed E-state index contributed by atoms with van der Waals surface area (Å²) < 4.78 is 0. The van der Waals surface area contributed by atoms with Crippen LogP contribution < -0.4 is 10.6 Å². The quantitative estimate of drug-likeness (QED) is 0.717. The van der Waals surface area contributed by atoms with E-state index in [0.717, 1.165) is 18.4 Å². The minimum atomic E-state index is -0.193. The predicted octanol–water partition coefficient (Wildman–Crippen LogP) is 3.75. The van der Waals surface area contributed by atoms with Crippen molar-refractivity contribution in [1.82, 2.24) is 10.3 Å². The maximum Gasteiger partial charge on any atom is 0.255 e. The van der Waals surface area contributed by atoms with E-state index in [1.165, 1.54) is 17.5 Å². The van der Waals surface area contributed by atoms with Crippen molar-refractivity contribution in [3.63, 3.8) is 0 Å². The summed E-state index contributed by atoms with van der Waals surface area (Å²) in [5.41, 5.74) is 5.49. The van der Waals surface area contributed by atoms with E-state index in [4.69, 9.17) is 0 Å². The number of anilines is 1. The lowest BCUT2D eigenvalue weighted by atomic mass is 10.1. The topological polar surface area (TPSA) is 71.1 Å². The molecule has 5 heteroatoms. The Balaban J connectivity index is 1.38. The molecule has 0 aliphatic heterocycles. The molecule has 1 aromatic heterocycles. The Bertz CT molecular complexity index is 1020. The highest BCUT2D eigenvalue weighted by atomic mass is 16.2. The molecular formula is C23H21N3O2. The number of hydrogen-bond acceptors (Lipinski definition) is 3. The Morgan fingerprint density at radius 1 is 0.857 bits per heavy atom. The molecule has 5 nitrogen and oxygen atoms in total. The molecule has 0 spiro atoms. The van der Waals surface area contributed by atoms with Gasteiger partial charge in [0, 0.05) is 35.8 Å². The van der Waals surface area contributed by atoms with Gasteiger partial charge in [0.05, 0.1) is 0 Å². The van der Waals surface area contributed by atoms with Crippen LogP contribution in [-0.4, -0.2) is 16.8 Å². The molecule has 140 valence electrons. The van der Waals surface area contributed by atoms with Crippen molar-refractivity contribution in [2.24, 2.45) is 0 Å². The second kappa shape index (κ2) is 8.05. The third-order valence-corrected chi connectivity index (χ3v) is 4.94. The van der Waals surface area contributed by atoms with Crippen molar-refractivity contribution in [1.29, 1.82) is 0 Å². The van der Waals surface area contributed by atoms with Crippen LogP contribution in [0.15, 0.2) is 67.0 Å². The molecule has 1 heterocycles. The van der Waals surface area contributed by atoms with E-state index < -0.39 is 0 Å². The van der Waals surface area contributed by atoms with Gasteiger partial charge in [-0.1, -0.05) is 18.2 Å². The molecule has 28 heavy (non-hydrogen) atoms. The van der Waals surface area contributed by atoms with E-state index in [2.05, 4.69) is 21.7 Å². The van der Waals surface area contributed by atoms with Gasteiger partial charge in [-0.05, 0) is 72.4 Å². The molecule has 2 aromatic carbocycles. The van der Waals surface area contributed by atoms with Crippen LogP contribution in [-0.2, 0) is 19.4 Å². The van der Waals surface area contributed by atoms with Gasteiger partial charge >= 0.3 is 0 Å². The molecule has 2 N–H and O–H groups in total. The summed E-state index contributed by atoms with van der Waals surface area (Å²) in [7, 11) is 0. The van der Waals surface area contributed by atoms with Crippen LogP contribution in [0.3, 0.4) is 0 Å². The minimum absolute atomic E-state index is 0.0825. The number of benzene rings is 2. The molecule has 0 saturated carbocycles. The van der Waals surface area contributed by atoms with Gasteiger partial charge in [-0.15, -0.1) is 0 Å². The number of nitrogens with one attached hydrogen (secondary N) is 2. The van der Waals surface area contributed by atoms with Gasteiger partial charge in [-0.2, -0.15) is 0 Å². The van der Waals surface area contributed by atoms with E-state index >= 15 is 0 Å². The second-order valence-corrected chi connectivity index (χ2v) is 6.91. The first-order valence-electron chi connectivity index (χ1n) is 9.39. The number of pyridine rings is 1. The molecule has 0 saturated heterocycles. The summed E-state index contributed by atoms with van der Waals surface area (Å²) in [6.07, 6.45) is 6.49. The van der Waals surface area contributed by atoms with Gasteiger partial charge in [0.2, 0.25) is 0 Å². The number of amides is 2. The number of carbonyl (C=O) groups is 2. The molecule has 3 aromatic rings. The smallest absolute Gasteiger partial charge is 0.255 e. The highest BCUT2D eigenvalue weighted by molar-refractivity contribution is 6.04. The molecule has 0 bridgehead atoms. The minimum Gasteiger partial charge on any atom is -0.348 e. The van der Waals surface area contributed by atoms with Crippen molar-refractivity contribution >= 4 is 17.5 Å². The van der Waals surface area contributed by atoms with Crippen molar-refractivity contribution in [3.8, 4) is 0 Å². The number of carbonyl (C=O) groups excluding carboxylic acids is 2. The van der Waals surface area contributed by atoms with Crippen LogP contribution in [0.5, 0.6) is 0 Å². The van der Waals surface area contributed by atoms with Crippen molar-refractivity contribution in [3.05, 3.63) is 94.8 Å². The number of nitrogens with zero attached hydrogens (tertiary/aromatic N) is 1. The summed E-state index contributed by atoms with van der Waals surface area (Å²) in [6, 6.07) is 16.8. The molecule has 0 atom stereocenters. The normalized spacial score (nSPS) is 12.3. The third-order valence-electron chi connectivity index (χ3n) is 4.94. The lowest BCUT2D eigenvalue weighted by Crippen LogP contribution is -2.23. The van der Waals surface area contributed by atoms with E-state index in [0.29, 0.717) is 23.4 Å². The van der Waals surface area contributed by atoms with Gasteiger partial charge in [-0.3, -0.25) is 14.6 Å². The zero-order chi connectivity index (χ0) is 19.3. The van der Waals surface area contributed by atoms with Crippen LogP contribution in [0.25, 0.3) is 0 Å². The summed E-state index contributed by atoms with van der Waals surface area (Å²) in [6.45, 7) is 0.398. The monoisotopic (exact) mass is 371 g/mol.